The van der Waals surface area contributed by atoms with Gasteiger partial charge in [0, 0.05) is 12.8 Å². The van der Waals surface area contributed by atoms with Crippen molar-refractivity contribution in [2.45, 2.75) is 135 Å². The van der Waals surface area contributed by atoms with Gasteiger partial charge in [0.05, 0.1) is 6.61 Å². The second-order valence-corrected chi connectivity index (χ2v) is 7.81. The quantitative estimate of drug-likeness (QED) is 0.146. The molecule has 0 N–H and O–H groups in total. The molecule has 27 heavy (non-hydrogen) atoms. The van der Waals surface area contributed by atoms with Crippen LogP contribution in [0.25, 0.3) is 0 Å². The summed E-state index contributed by atoms with van der Waals surface area (Å²) < 4.78 is 29.2. The Kier molecular flexibility index (Phi) is 21.1. The molecule has 0 radical (unpaired) electrons. The van der Waals surface area contributed by atoms with Gasteiger partial charge in [-0.3, -0.25) is 4.79 Å². The van der Waals surface area contributed by atoms with E-state index in [9.17, 15) is 13.6 Å². The van der Waals surface area contributed by atoms with Gasteiger partial charge in [-0.2, -0.15) is 0 Å². The first-order valence-electron chi connectivity index (χ1n) is 11.6. The van der Waals surface area contributed by atoms with Gasteiger partial charge >= 0.3 is 5.97 Å². The van der Waals surface area contributed by atoms with Crippen LogP contribution in [0, 0.1) is 0 Å². The van der Waals surface area contributed by atoms with E-state index in [1.807, 2.05) is 0 Å². The second kappa shape index (κ2) is 21.6. The first-order valence-corrected chi connectivity index (χ1v) is 11.6. The third-order valence-electron chi connectivity index (χ3n) is 5.06. The number of carbonyl (C=O) groups is 1. The van der Waals surface area contributed by atoms with Gasteiger partial charge in [0.25, 0.3) is 0 Å². The highest BCUT2D eigenvalue weighted by Gasteiger charge is 2.03. The van der Waals surface area contributed by atoms with E-state index in [-0.39, 0.29) is 12.4 Å². The average Bonchev–Trinajstić information content (AvgIpc) is 2.64. The first kappa shape index (κ1) is 26.3. The number of carbonyl (C=O) groups excluding carboxylic acids is 1. The molecule has 0 heterocycles. The highest BCUT2D eigenvalue weighted by Crippen LogP contribution is 2.13. The molecule has 0 aromatic carbocycles. The Hall–Kier alpha value is -0.670. The molecule has 0 aromatic rings. The number of ether oxygens (including phenoxy) is 1. The van der Waals surface area contributed by atoms with Gasteiger partial charge in [-0.05, 0) is 19.3 Å². The van der Waals surface area contributed by atoms with Gasteiger partial charge in [-0.25, -0.2) is 8.78 Å². The van der Waals surface area contributed by atoms with Crippen LogP contribution in [0.1, 0.15) is 129 Å². The van der Waals surface area contributed by atoms with E-state index in [1.54, 1.807) is 0 Å². The highest BCUT2D eigenvalue weighted by atomic mass is 19.3. The number of halogens is 2. The molecule has 0 bridgehead atoms. The van der Waals surface area contributed by atoms with E-state index in [4.69, 9.17) is 4.74 Å². The van der Waals surface area contributed by atoms with Crippen LogP contribution < -0.4 is 0 Å². The standard InChI is InChI=1S/C23H44F2O2/c1-2-3-4-5-10-14-17-20-23(26)27-21-18-15-12-9-7-6-8-11-13-16-19-22(24)25/h22H,2-21H2,1H3. The minimum Gasteiger partial charge on any atom is -0.466 e. The monoisotopic (exact) mass is 390 g/mol. The zero-order valence-electron chi connectivity index (χ0n) is 17.8. The molecule has 0 saturated carbocycles. The number of unbranched alkanes of at least 4 members (excludes halogenated alkanes) is 15. The summed E-state index contributed by atoms with van der Waals surface area (Å²) in [6.45, 7) is 2.79. The molecular formula is C23H44F2O2. The summed E-state index contributed by atoms with van der Waals surface area (Å²) in [5.74, 6) is -0.0320. The van der Waals surface area contributed by atoms with E-state index in [2.05, 4.69) is 6.92 Å². The van der Waals surface area contributed by atoms with E-state index < -0.39 is 6.43 Å². The first-order chi connectivity index (χ1) is 13.2. The van der Waals surface area contributed by atoms with Crippen LogP contribution in [-0.2, 0) is 9.53 Å². The Morgan fingerprint density at radius 1 is 0.667 bits per heavy atom. The minimum absolute atomic E-state index is 0.0320. The molecule has 162 valence electrons. The number of alkyl halides is 2. The molecule has 0 aliphatic rings. The van der Waals surface area contributed by atoms with Crippen molar-refractivity contribution in [1.29, 1.82) is 0 Å². The van der Waals surface area contributed by atoms with Gasteiger partial charge < -0.3 is 4.74 Å². The SMILES string of the molecule is CCCCCCCCCC(=O)OCCCCCCCCCCCCC(F)F. The van der Waals surface area contributed by atoms with Crippen molar-refractivity contribution in [2.24, 2.45) is 0 Å². The van der Waals surface area contributed by atoms with Crippen LogP contribution in [0.3, 0.4) is 0 Å². The smallest absolute Gasteiger partial charge is 0.305 e. The fourth-order valence-electron chi connectivity index (χ4n) is 3.30. The maximum atomic E-state index is 12.0. The van der Waals surface area contributed by atoms with Crippen LogP contribution in [0.4, 0.5) is 8.78 Å². The molecule has 0 aliphatic carbocycles. The largest absolute Gasteiger partial charge is 0.466 e. The summed E-state index contributed by atoms with van der Waals surface area (Å²) in [7, 11) is 0. The third kappa shape index (κ3) is 23.3. The van der Waals surface area contributed by atoms with Crippen LogP contribution in [0.15, 0.2) is 0 Å². The van der Waals surface area contributed by atoms with Crippen molar-refractivity contribution in [1.82, 2.24) is 0 Å². The molecule has 0 rings (SSSR count). The van der Waals surface area contributed by atoms with Gasteiger partial charge in [0.15, 0.2) is 0 Å². The Bertz CT molecular complexity index is 309. The summed E-state index contributed by atoms with van der Waals surface area (Å²) >= 11 is 0. The summed E-state index contributed by atoms with van der Waals surface area (Å²) in [5, 5.41) is 0. The van der Waals surface area contributed by atoms with Crippen molar-refractivity contribution in [3.8, 4) is 0 Å². The maximum absolute atomic E-state index is 12.0. The zero-order valence-corrected chi connectivity index (χ0v) is 17.8. The van der Waals surface area contributed by atoms with E-state index >= 15 is 0 Å². The third-order valence-corrected chi connectivity index (χ3v) is 5.06. The summed E-state index contributed by atoms with van der Waals surface area (Å²) in [4.78, 5) is 11.6. The van der Waals surface area contributed by atoms with Crippen LogP contribution in [0.5, 0.6) is 0 Å². The summed E-state index contributed by atoms with van der Waals surface area (Å²) in [6, 6.07) is 0. The van der Waals surface area contributed by atoms with Crippen LogP contribution in [0.2, 0.25) is 0 Å². The predicted molar refractivity (Wildman–Crippen MR) is 110 cm³/mol. The molecule has 4 heteroatoms. The van der Waals surface area contributed by atoms with Crippen molar-refractivity contribution < 1.29 is 18.3 Å². The lowest BCUT2D eigenvalue weighted by molar-refractivity contribution is -0.143. The van der Waals surface area contributed by atoms with E-state index in [1.165, 1.54) is 64.2 Å². The Labute approximate surface area is 166 Å². The van der Waals surface area contributed by atoms with E-state index in [0.717, 1.165) is 38.5 Å². The molecular weight excluding hydrogens is 346 g/mol. The lowest BCUT2D eigenvalue weighted by atomic mass is 10.1. The number of hydrogen-bond donors (Lipinski definition) is 0. The molecule has 0 unspecified atom stereocenters. The van der Waals surface area contributed by atoms with Crippen molar-refractivity contribution in [2.75, 3.05) is 6.61 Å². The zero-order chi connectivity index (χ0) is 20.0. The normalized spacial score (nSPS) is 11.3. The van der Waals surface area contributed by atoms with Gasteiger partial charge in [0.2, 0.25) is 6.43 Å². The number of esters is 1. The lowest BCUT2D eigenvalue weighted by Crippen LogP contribution is -2.05. The summed E-state index contributed by atoms with van der Waals surface area (Å²) in [5.41, 5.74) is 0. The van der Waals surface area contributed by atoms with Crippen molar-refractivity contribution >= 4 is 5.97 Å². The van der Waals surface area contributed by atoms with Gasteiger partial charge in [-0.15, -0.1) is 0 Å². The molecule has 2 nitrogen and oxygen atoms in total. The molecule has 0 aromatic heterocycles. The molecule has 0 atom stereocenters. The number of rotatable bonds is 21. The lowest BCUT2D eigenvalue weighted by Gasteiger charge is -2.05. The Morgan fingerprint density at radius 3 is 1.63 bits per heavy atom. The minimum atomic E-state index is -2.13. The second-order valence-electron chi connectivity index (χ2n) is 7.81. The van der Waals surface area contributed by atoms with E-state index in [0.29, 0.717) is 19.4 Å². The van der Waals surface area contributed by atoms with Gasteiger partial charge in [-0.1, -0.05) is 96.8 Å². The molecule has 0 fully saturated rings. The van der Waals surface area contributed by atoms with Gasteiger partial charge in [0.1, 0.15) is 0 Å². The van der Waals surface area contributed by atoms with Crippen LogP contribution >= 0.6 is 0 Å². The topological polar surface area (TPSA) is 26.3 Å². The molecule has 0 amide bonds. The maximum Gasteiger partial charge on any atom is 0.305 e. The summed E-state index contributed by atoms with van der Waals surface area (Å²) in [6.07, 6.45) is 17.9. The molecule has 0 aliphatic heterocycles. The number of hydrogen-bond acceptors (Lipinski definition) is 2. The van der Waals surface area contributed by atoms with Crippen molar-refractivity contribution in [3.63, 3.8) is 0 Å². The highest BCUT2D eigenvalue weighted by molar-refractivity contribution is 5.69. The van der Waals surface area contributed by atoms with Crippen LogP contribution in [-0.4, -0.2) is 19.0 Å². The van der Waals surface area contributed by atoms with Crippen molar-refractivity contribution in [3.05, 3.63) is 0 Å². The molecule has 0 spiro atoms. The average molecular weight is 391 g/mol. The fraction of sp³-hybridized carbons (Fsp3) is 0.957. The predicted octanol–water partition coefficient (Wildman–Crippen LogP) is 8.23. The Balaban J connectivity index is 3.14. The molecule has 0 saturated heterocycles. The Morgan fingerprint density at radius 2 is 1.11 bits per heavy atom. The fourth-order valence-corrected chi connectivity index (χ4v) is 3.30.